The predicted octanol–water partition coefficient (Wildman–Crippen LogP) is 3.33. The number of nitrogens with one attached hydrogen (secondary N) is 2. The Morgan fingerprint density at radius 2 is 1.81 bits per heavy atom. The fourth-order valence-corrected chi connectivity index (χ4v) is 3.15. The van der Waals surface area contributed by atoms with Crippen molar-refractivity contribution in [2.75, 3.05) is 24.8 Å². The van der Waals surface area contributed by atoms with E-state index in [1.807, 2.05) is 24.5 Å². The smallest absolute Gasteiger partial charge is 0.355 e. The van der Waals surface area contributed by atoms with Crippen LogP contribution in [-0.2, 0) is 14.3 Å². The van der Waals surface area contributed by atoms with Gasteiger partial charge < -0.3 is 19.8 Å². The maximum Gasteiger partial charge on any atom is 0.355 e. The van der Waals surface area contributed by atoms with Gasteiger partial charge in [-0.2, -0.15) is 0 Å². The number of hydrogen-bond acceptors (Lipinski definition) is 6. The number of carbonyl (C=O) groups excluding carboxylic acids is 3. The van der Waals surface area contributed by atoms with E-state index in [1.165, 1.54) is 11.8 Å². The molecule has 1 aromatic heterocycles. The quantitative estimate of drug-likeness (QED) is 0.556. The molecule has 0 radical (unpaired) electrons. The van der Waals surface area contributed by atoms with Gasteiger partial charge in [0.05, 0.1) is 17.9 Å². The van der Waals surface area contributed by atoms with Gasteiger partial charge in [-0.15, -0.1) is 11.8 Å². The van der Waals surface area contributed by atoms with Crippen LogP contribution in [0.15, 0.2) is 29.2 Å². The molecule has 8 heteroatoms. The second-order valence-corrected chi connectivity index (χ2v) is 6.52. The SMILES string of the molecule is CCOC(=O)c1[nH]c(C)c(C(=O)OCC(=O)Nc2ccccc2SC)c1C. The molecular weight excluding hydrogens is 368 g/mol. The Bertz CT molecular complexity index is 860. The van der Waals surface area contributed by atoms with Gasteiger partial charge >= 0.3 is 11.9 Å². The van der Waals surface area contributed by atoms with Crippen LogP contribution >= 0.6 is 11.8 Å². The van der Waals surface area contributed by atoms with Crippen LogP contribution in [0.4, 0.5) is 5.69 Å². The Labute approximate surface area is 161 Å². The summed E-state index contributed by atoms with van der Waals surface area (Å²) >= 11 is 1.50. The number of rotatable bonds is 7. The molecule has 0 saturated heterocycles. The largest absolute Gasteiger partial charge is 0.461 e. The first-order chi connectivity index (χ1) is 12.9. The van der Waals surface area contributed by atoms with Crippen LogP contribution in [-0.4, -0.2) is 42.3 Å². The topological polar surface area (TPSA) is 97.5 Å². The molecule has 0 bridgehead atoms. The zero-order chi connectivity index (χ0) is 20.0. The molecule has 0 aliphatic carbocycles. The van der Waals surface area contributed by atoms with E-state index in [1.54, 1.807) is 26.8 Å². The first-order valence-electron chi connectivity index (χ1n) is 8.35. The molecule has 0 spiro atoms. The van der Waals surface area contributed by atoms with Crippen LogP contribution in [0.25, 0.3) is 0 Å². The van der Waals surface area contributed by atoms with Crippen LogP contribution in [0.3, 0.4) is 0 Å². The Morgan fingerprint density at radius 3 is 2.48 bits per heavy atom. The van der Waals surface area contributed by atoms with Gasteiger partial charge in [-0.25, -0.2) is 9.59 Å². The van der Waals surface area contributed by atoms with E-state index in [4.69, 9.17) is 9.47 Å². The molecule has 2 N–H and O–H groups in total. The number of aromatic amines is 1. The average Bonchev–Trinajstić information content (AvgIpc) is 2.95. The first kappa shape index (κ1) is 20.6. The van der Waals surface area contributed by atoms with Crippen molar-refractivity contribution in [1.29, 1.82) is 0 Å². The summed E-state index contributed by atoms with van der Waals surface area (Å²) in [5, 5.41) is 2.72. The number of benzene rings is 1. The molecule has 27 heavy (non-hydrogen) atoms. The normalized spacial score (nSPS) is 10.4. The first-order valence-corrected chi connectivity index (χ1v) is 9.57. The monoisotopic (exact) mass is 390 g/mol. The van der Waals surface area contributed by atoms with Gasteiger partial charge in [0.25, 0.3) is 5.91 Å². The summed E-state index contributed by atoms with van der Waals surface area (Å²) < 4.78 is 10.1. The van der Waals surface area contributed by atoms with Gasteiger partial charge in [-0.3, -0.25) is 4.79 Å². The van der Waals surface area contributed by atoms with Gasteiger partial charge in [-0.1, -0.05) is 12.1 Å². The number of hydrogen-bond donors (Lipinski definition) is 2. The fourth-order valence-electron chi connectivity index (χ4n) is 2.60. The van der Waals surface area contributed by atoms with E-state index in [-0.39, 0.29) is 17.9 Å². The molecule has 7 nitrogen and oxygen atoms in total. The minimum Gasteiger partial charge on any atom is -0.461 e. The highest BCUT2D eigenvalue weighted by Crippen LogP contribution is 2.24. The molecule has 144 valence electrons. The molecule has 0 fully saturated rings. The molecule has 0 unspecified atom stereocenters. The Kier molecular flexibility index (Phi) is 7.06. The summed E-state index contributed by atoms with van der Waals surface area (Å²) in [5.74, 6) is -1.66. The van der Waals surface area contributed by atoms with Gasteiger partial charge in [0.15, 0.2) is 6.61 Å². The van der Waals surface area contributed by atoms with E-state index in [0.29, 0.717) is 16.9 Å². The molecular formula is C19H22N2O5S. The molecule has 2 aromatic rings. The van der Waals surface area contributed by atoms with Crippen LogP contribution in [0, 0.1) is 13.8 Å². The van der Waals surface area contributed by atoms with E-state index >= 15 is 0 Å². The Morgan fingerprint density at radius 1 is 1.11 bits per heavy atom. The van der Waals surface area contributed by atoms with E-state index in [0.717, 1.165) is 4.90 Å². The highest BCUT2D eigenvalue weighted by atomic mass is 32.2. The summed E-state index contributed by atoms with van der Waals surface area (Å²) in [7, 11) is 0. The van der Waals surface area contributed by atoms with E-state index in [2.05, 4.69) is 10.3 Å². The lowest BCUT2D eigenvalue weighted by Crippen LogP contribution is -2.21. The highest BCUT2D eigenvalue weighted by molar-refractivity contribution is 7.98. The van der Waals surface area contributed by atoms with Crippen molar-refractivity contribution in [3.8, 4) is 0 Å². The van der Waals surface area contributed by atoms with Crippen molar-refractivity contribution in [2.24, 2.45) is 0 Å². The summed E-state index contributed by atoms with van der Waals surface area (Å²) in [5.41, 5.74) is 2.01. The number of anilines is 1. The molecule has 0 aliphatic rings. The molecule has 1 heterocycles. The van der Waals surface area contributed by atoms with Crippen molar-refractivity contribution < 1.29 is 23.9 Å². The second-order valence-electron chi connectivity index (χ2n) is 5.67. The predicted molar refractivity (Wildman–Crippen MR) is 103 cm³/mol. The number of ether oxygens (including phenoxy) is 2. The zero-order valence-corrected chi connectivity index (χ0v) is 16.5. The standard InChI is InChI=1S/C19H22N2O5S/c1-5-25-19(24)17-11(2)16(12(3)20-17)18(23)26-10-15(22)21-13-8-6-7-9-14(13)27-4/h6-9,20H,5,10H2,1-4H3,(H,21,22). The lowest BCUT2D eigenvalue weighted by molar-refractivity contribution is -0.119. The number of H-pyrrole nitrogens is 1. The Balaban J connectivity index is 2.03. The van der Waals surface area contributed by atoms with Crippen LogP contribution in [0.5, 0.6) is 0 Å². The highest BCUT2D eigenvalue weighted by Gasteiger charge is 2.24. The number of aromatic nitrogens is 1. The third-order valence-corrected chi connectivity index (χ3v) is 4.63. The van der Waals surface area contributed by atoms with Crippen molar-refractivity contribution in [3.63, 3.8) is 0 Å². The molecule has 1 aromatic carbocycles. The fraction of sp³-hybridized carbons (Fsp3) is 0.316. The number of esters is 2. The number of aryl methyl sites for hydroxylation is 1. The minimum atomic E-state index is -0.676. The number of carbonyl (C=O) groups is 3. The summed E-state index contributed by atoms with van der Waals surface area (Å²) in [6.07, 6.45) is 1.91. The third-order valence-electron chi connectivity index (χ3n) is 3.84. The van der Waals surface area contributed by atoms with Gasteiger partial charge in [0.2, 0.25) is 0 Å². The summed E-state index contributed by atoms with van der Waals surface area (Å²) in [4.78, 5) is 40.2. The molecule has 0 aliphatic heterocycles. The van der Waals surface area contributed by atoms with E-state index < -0.39 is 24.5 Å². The summed E-state index contributed by atoms with van der Waals surface area (Å²) in [6, 6.07) is 7.35. The lowest BCUT2D eigenvalue weighted by atomic mass is 10.1. The van der Waals surface area contributed by atoms with Gasteiger partial charge in [0, 0.05) is 10.6 Å². The maximum atomic E-state index is 12.4. The van der Waals surface area contributed by atoms with Gasteiger partial charge in [0.1, 0.15) is 5.69 Å². The van der Waals surface area contributed by atoms with Crippen LogP contribution in [0.2, 0.25) is 0 Å². The molecule has 1 amide bonds. The van der Waals surface area contributed by atoms with Crippen LogP contribution in [0.1, 0.15) is 39.0 Å². The van der Waals surface area contributed by atoms with E-state index in [9.17, 15) is 14.4 Å². The third kappa shape index (κ3) is 4.91. The minimum absolute atomic E-state index is 0.208. The second kappa shape index (κ2) is 9.27. The Hall–Kier alpha value is -2.74. The van der Waals surface area contributed by atoms with Crippen molar-refractivity contribution in [1.82, 2.24) is 4.98 Å². The lowest BCUT2D eigenvalue weighted by Gasteiger charge is -2.10. The number of amides is 1. The maximum absolute atomic E-state index is 12.4. The molecule has 0 atom stereocenters. The number of thioether (sulfide) groups is 1. The van der Waals surface area contributed by atoms with Gasteiger partial charge in [-0.05, 0) is 44.7 Å². The molecule has 2 rings (SSSR count). The van der Waals surface area contributed by atoms with Crippen molar-refractivity contribution in [3.05, 3.63) is 46.8 Å². The average molecular weight is 390 g/mol. The number of para-hydroxylation sites is 1. The van der Waals surface area contributed by atoms with Crippen molar-refractivity contribution >= 4 is 35.3 Å². The van der Waals surface area contributed by atoms with Crippen LogP contribution < -0.4 is 5.32 Å². The van der Waals surface area contributed by atoms with Crippen molar-refractivity contribution in [2.45, 2.75) is 25.7 Å². The summed E-state index contributed by atoms with van der Waals surface area (Å²) in [6.45, 7) is 4.78. The molecule has 0 saturated carbocycles. The zero-order valence-electron chi connectivity index (χ0n) is 15.7.